The molecule has 0 saturated carbocycles. The molecule has 5 nitrogen and oxygen atoms in total. The third-order valence-corrected chi connectivity index (χ3v) is 4.16. The maximum absolute atomic E-state index is 12.5. The highest BCUT2D eigenvalue weighted by molar-refractivity contribution is 6.33. The average molecular weight is 319 g/mol. The maximum Gasteiger partial charge on any atom is 0.253 e. The second kappa shape index (κ2) is 6.01. The lowest BCUT2D eigenvalue weighted by Gasteiger charge is -2.27. The van der Waals surface area contributed by atoms with Crippen LogP contribution >= 0.6 is 11.6 Å². The third kappa shape index (κ3) is 2.68. The van der Waals surface area contributed by atoms with Crippen LogP contribution in [0.4, 0.5) is 5.69 Å². The van der Waals surface area contributed by atoms with Gasteiger partial charge in [-0.1, -0.05) is 23.7 Å². The summed E-state index contributed by atoms with van der Waals surface area (Å²) in [7, 11) is 0. The molecule has 1 aromatic heterocycles. The summed E-state index contributed by atoms with van der Waals surface area (Å²) >= 11 is 6.11. The normalized spacial score (nSPS) is 17.0. The fourth-order valence-corrected chi connectivity index (χ4v) is 3.00. The van der Waals surface area contributed by atoms with Crippen LogP contribution < -0.4 is 10.6 Å². The molecular weight excluding hydrogens is 300 g/mol. The van der Waals surface area contributed by atoms with Gasteiger partial charge in [0.15, 0.2) is 0 Å². The van der Waals surface area contributed by atoms with Gasteiger partial charge in [-0.05, 0) is 32.4 Å². The van der Waals surface area contributed by atoms with E-state index < -0.39 is 0 Å². The molecule has 2 N–H and O–H groups in total. The zero-order chi connectivity index (χ0) is 15.7. The summed E-state index contributed by atoms with van der Waals surface area (Å²) in [6.07, 6.45) is 2.64. The number of anilines is 1. The lowest BCUT2D eigenvalue weighted by molar-refractivity contribution is 0.0932. The van der Waals surface area contributed by atoms with Crippen LogP contribution in [0.3, 0.4) is 0 Å². The van der Waals surface area contributed by atoms with Crippen molar-refractivity contribution in [2.45, 2.75) is 32.4 Å². The fraction of sp³-hybridized carbons (Fsp3) is 0.375. The molecule has 1 atom stereocenters. The van der Waals surface area contributed by atoms with Crippen LogP contribution in [-0.4, -0.2) is 22.2 Å². The summed E-state index contributed by atoms with van der Waals surface area (Å²) in [5.74, 6) is -0.153. The van der Waals surface area contributed by atoms with Crippen molar-refractivity contribution < 1.29 is 4.79 Å². The Labute approximate surface area is 134 Å². The predicted molar refractivity (Wildman–Crippen MR) is 87.4 cm³/mol. The first-order valence-corrected chi connectivity index (χ1v) is 7.82. The van der Waals surface area contributed by atoms with Gasteiger partial charge in [0.05, 0.1) is 34.2 Å². The van der Waals surface area contributed by atoms with Crippen LogP contribution in [0.2, 0.25) is 5.02 Å². The Hall–Kier alpha value is -2.01. The predicted octanol–water partition coefficient (Wildman–Crippen LogP) is 3.40. The van der Waals surface area contributed by atoms with Gasteiger partial charge < -0.3 is 10.6 Å². The van der Waals surface area contributed by atoms with E-state index in [1.54, 1.807) is 12.1 Å². The number of amides is 1. The number of halogens is 1. The molecule has 1 amide bonds. The number of aromatic nitrogens is 2. The highest BCUT2D eigenvalue weighted by Gasteiger charge is 2.27. The van der Waals surface area contributed by atoms with Crippen molar-refractivity contribution in [3.8, 4) is 0 Å². The maximum atomic E-state index is 12.5. The molecule has 0 radical (unpaired) electrons. The van der Waals surface area contributed by atoms with E-state index in [1.807, 2.05) is 23.0 Å². The number of fused-ring (bicyclic) bond motifs is 1. The smallest absolute Gasteiger partial charge is 0.253 e. The molecule has 6 heteroatoms. The molecular formula is C16H19ClN4O. The fourth-order valence-electron chi connectivity index (χ4n) is 2.78. The van der Waals surface area contributed by atoms with E-state index in [2.05, 4.69) is 29.6 Å². The molecule has 116 valence electrons. The van der Waals surface area contributed by atoms with Gasteiger partial charge in [0.25, 0.3) is 5.91 Å². The van der Waals surface area contributed by atoms with Crippen molar-refractivity contribution in [2.75, 3.05) is 11.9 Å². The molecule has 22 heavy (non-hydrogen) atoms. The van der Waals surface area contributed by atoms with Crippen molar-refractivity contribution in [3.63, 3.8) is 0 Å². The van der Waals surface area contributed by atoms with Crippen molar-refractivity contribution in [1.29, 1.82) is 0 Å². The van der Waals surface area contributed by atoms with Gasteiger partial charge in [0.2, 0.25) is 0 Å². The number of benzene rings is 1. The number of carbonyl (C=O) groups is 1. The Morgan fingerprint density at radius 3 is 2.95 bits per heavy atom. The molecule has 1 aliphatic heterocycles. The first-order valence-electron chi connectivity index (χ1n) is 7.44. The topological polar surface area (TPSA) is 59.0 Å². The van der Waals surface area contributed by atoms with Gasteiger partial charge in [-0.15, -0.1) is 0 Å². The van der Waals surface area contributed by atoms with E-state index in [9.17, 15) is 4.79 Å². The van der Waals surface area contributed by atoms with E-state index in [-0.39, 0.29) is 18.0 Å². The van der Waals surface area contributed by atoms with E-state index in [0.29, 0.717) is 10.6 Å². The lowest BCUT2D eigenvalue weighted by atomic mass is 10.0. The molecule has 2 heterocycles. The average Bonchev–Trinajstić information content (AvgIpc) is 2.93. The van der Waals surface area contributed by atoms with E-state index >= 15 is 0 Å². The molecule has 0 bridgehead atoms. The Morgan fingerprint density at radius 1 is 1.45 bits per heavy atom. The molecule has 0 aliphatic carbocycles. The van der Waals surface area contributed by atoms with Crippen LogP contribution in [-0.2, 0) is 0 Å². The Bertz CT molecular complexity index is 695. The molecule has 1 unspecified atom stereocenters. The summed E-state index contributed by atoms with van der Waals surface area (Å²) in [5, 5.41) is 11.3. The second-order valence-electron chi connectivity index (χ2n) is 5.70. The van der Waals surface area contributed by atoms with Crippen molar-refractivity contribution >= 4 is 23.2 Å². The third-order valence-electron chi connectivity index (χ3n) is 3.83. The second-order valence-corrected chi connectivity index (χ2v) is 6.11. The zero-order valence-corrected chi connectivity index (χ0v) is 13.4. The highest BCUT2D eigenvalue weighted by Crippen LogP contribution is 2.31. The van der Waals surface area contributed by atoms with Gasteiger partial charge in [-0.3, -0.25) is 9.48 Å². The van der Waals surface area contributed by atoms with Crippen molar-refractivity contribution in [3.05, 3.63) is 46.7 Å². The minimum Gasteiger partial charge on any atom is -0.382 e. The SMILES string of the molecule is CC(C)n1ncc2c1C(NC(=O)c1ccccc1Cl)CCN2. The highest BCUT2D eigenvalue weighted by atomic mass is 35.5. The Balaban J connectivity index is 1.87. The number of nitrogens with one attached hydrogen (secondary N) is 2. The lowest BCUT2D eigenvalue weighted by Crippen LogP contribution is -2.34. The van der Waals surface area contributed by atoms with Crippen LogP contribution in [0.5, 0.6) is 0 Å². The largest absolute Gasteiger partial charge is 0.382 e. The number of hydrogen-bond acceptors (Lipinski definition) is 3. The Morgan fingerprint density at radius 2 is 2.23 bits per heavy atom. The summed E-state index contributed by atoms with van der Waals surface area (Å²) in [6.45, 7) is 4.97. The molecule has 3 rings (SSSR count). The molecule has 0 saturated heterocycles. The number of nitrogens with zero attached hydrogens (tertiary/aromatic N) is 2. The van der Waals surface area contributed by atoms with Gasteiger partial charge in [0, 0.05) is 12.6 Å². The van der Waals surface area contributed by atoms with Gasteiger partial charge in [-0.25, -0.2) is 0 Å². The van der Waals surface area contributed by atoms with E-state index in [1.165, 1.54) is 0 Å². The quantitative estimate of drug-likeness (QED) is 0.912. The molecule has 0 spiro atoms. The number of hydrogen-bond donors (Lipinski definition) is 2. The zero-order valence-electron chi connectivity index (χ0n) is 12.6. The number of carbonyl (C=O) groups excluding carboxylic acids is 1. The van der Waals surface area contributed by atoms with E-state index in [4.69, 9.17) is 11.6 Å². The molecule has 1 aromatic carbocycles. The molecule has 1 aliphatic rings. The van der Waals surface area contributed by atoms with Gasteiger partial charge >= 0.3 is 0 Å². The van der Waals surface area contributed by atoms with Crippen LogP contribution in [0, 0.1) is 0 Å². The summed E-state index contributed by atoms with van der Waals surface area (Å²) in [5.41, 5.74) is 2.52. The number of rotatable bonds is 3. The standard InChI is InChI=1S/C16H19ClN4O/c1-10(2)21-15-13(7-8-18-14(15)9-19-21)20-16(22)11-5-3-4-6-12(11)17/h3-6,9-10,13,18H,7-8H2,1-2H3,(H,20,22). The summed E-state index contributed by atoms with van der Waals surface area (Å²) in [4.78, 5) is 12.5. The van der Waals surface area contributed by atoms with Crippen molar-refractivity contribution in [1.82, 2.24) is 15.1 Å². The first kappa shape index (κ1) is 14.9. The monoisotopic (exact) mass is 318 g/mol. The summed E-state index contributed by atoms with van der Waals surface area (Å²) in [6, 6.07) is 7.26. The minimum atomic E-state index is -0.153. The summed E-state index contributed by atoms with van der Waals surface area (Å²) < 4.78 is 1.96. The molecule has 0 fully saturated rings. The van der Waals surface area contributed by atoms with Crippen LogP contribution in [0.25, 0.3) is 0 Å². The minimum absolute atomic E-state index is 0.0649. The van der Waals surface area contributed by atoms with Crippen LogP contribution in [0.15, 0.2) is 30.5 Å². The van der Waals surface area contributed by atoms with Crippen LogP contribution in [0.1, 0.15) is 48.4 Å². The molecule has 2 aromatic rings. The first-order chi connectivity index (χ1) is 10.6. The van der Waals surface area contributed by atoms with E-state index in [0.717, 1.165) is 24.3 Å². The van der Waals surface area contributed by atoms with Gasteiger partial charge in [0.1, 0.15) is 0 Å². The Kier molecular flexibility index (Phi) is 4.07. The van der Waals surface area contributed by atoms with Gasteiger partial charge in [-0.2, -0.15) is 5.10 Å². The van der Waals surface area contributed by atoms with Crippen molar-refractivity contribution in [2.24, 2.45) is 0 Å².